The van der Waals surface area contributed by atoms with Crippen LogP contribution in [0.25, 0.3) is 5.78 Å². The molecule has 7 heteroatoms. The normalized spacial score (nSPS) is 12.6. The smallest absolute Gasteiger partial charge is 0.343 e. The maximum atomic E-state index is 10.3. The Morgan fingerprint density at radius 3 is 2.34 bits per heavy atom. The molecule has 0 aliphatic rings. The summed E-state index contributed by atoms with van der Waals surface area (Å²) in [6, 6.07) is 6.59. The molecule has 0 aliphatic heterocycles. The first-order valence-electron chi connectivity index (χ1n) is 9.95. The predicted octanol–water partition coefficient (Wildman–Crippen LogP) is 6.07. The second-order valence-corrected chi connectivity index (χ2v) is 9.52. The van der Waals surface area contributed by atoms with Gasteiger partial charge in [0, 0.05) is 5.56 Å². The number of benzene rings is 1. The summed E-state index contributed by atoms with van der Waals surface area (Å²) in [6.45, 7) is 15.0. The molecule has 0 atom stereocenters. The van der Waals surface area contributed by atoms with Crippen molar-refractivity contribution in [2.45, 2.75) is 72.1 Å². The summed E-state index contributed by atoms with van der Waals surface area (Å²) in [5.74, 6) is 0.978. The van der Waals surface area contributed by atoms with Crippen LogP contribution in [0.4, 0.5) is 0 Å². The molecule has 0 saturated heterocycles. The van der Waals surface area contributed by atoms with Crippen LogP contribution in [0.3, 0.4) is 0 Å². The molecule has 2 heterocycles. The number of aromatic hydroxyl groups is 1. The number of halogens is 1. The molecule has 3 rings (SSSR count). The van der Waals surface area contributed by atoms with E-state index < -0.39 is 0 Å². The molecular formula is C22H29BrN4O2. The van der Waals surface area contributed by atoms with Crippen molar-refractivity contribution >= 4 is 21.7 Å². The van der Waals surface area contributed by atoms with Gasteiger partial charge in [0.05, 0.1) is 5.69 Å². The fraction of sp³-hybridized carbons (Fsp3) is 0.500. The summed E-state index contributed by atoms with van der Waals surface area (Å²) < 4.78 is 7.95. The maximum absolute atomic E-state index is 10.3. The number of aromatic nitrogens is 4. The van der Waals surface area contributed by atoms with Gasteiger partial charge in [0.15, 0.2) is 0 Å². The van der Waals surface area contributed by atoms with Crippen LogP contribution in [0.5, 0.6) is 17.6 Å². The Balaban J connectivity index is 2.12. The van der Waals surface area contributed by atoms with Gasteiger partial charge in [0.1, 0.15) is 10.2 Å². The van der Waals surface area contributed by atoms with E-state index in [2.05, 4.69) is 90.7 Å². The molecule has 0 unspecified atom stereocenters. The number of fused-ring (bicyclic) bond motifs is 1. The molecule has 0 saturated carbocycles. The minimum atomic E-state index is -0.0661. The highest BCUT2D eigenvalue weighted by Crippen LogP contribution is 2.39. The molecule has 3 aromatic rings. The number of rotatable bonds is 6. The lowest BCUT2D eigenvalue weighted by Gasteiger charge is -2.29. The van der Waals surface area contributed by atoms with Crippen molar-refractivity contribution < 1.29 is 9.84 Å². The molecule has 0 amide bonds. The Bertz CT molecular complexity index is 1060. The highest BCUT2D eigenvalue weighted by molar-refractivity contribution is 9.10. The molecule has 6 nitrogen and oxygen atoms in total. The van der Waals surface area contributed by atoms with E-state index in [-0.39, 0.29) is 22.7 Å². The summed E-state index contributed by atoms with van der Waals surface area (Å²) in [4.78, 5) is 8.73. The van der Waals surface area contributed by atoms with Gasteiger partial charge in [-0.25, -0.2) is 4.98 Å². The van der Waals surface area contributed by atoms with Crippen LogP contribution in [0.2, 0.25) is 0 Å². The van der Waals surface area contributed by atoms with Gasteiger partial charge < -0.3 is 9.84 Å². The highest BCUT2D eigenvalue weighted by atomic mass is 79.9. The van der Waals surface area contributed by atoms with Gasteiger partial charge in [-0.15, -0.1) is 5.10 Å². The summed E-state index contributed by atoms with van der Waals surface area (Å²) >= 11 is 3.32. The first-order chi connectivity index (χ1) is 13.5. The van der Waals surface area contributed by atoms with Crippen molar-refractivity contribution in [1.82, 2.24) is 19.6 Å². The Labute approximate surface area is 180 Å². The number of hydrogen-bond donors (Lipinski definition) is 1. The molecule has 0 aliphatic carbocycles. The van der Waals surface area contributed by atoms with Crippen molar-refractivity contribution in [2.75, 3.05) is 0 Å². The summed E-state index contributed by atoms with van der Waals surface area (Å²) in [6.07, 6.45) is 1.98. The third-order valence-electron chi connectivity index (χ3n) is 6.01. The highest BCUT2D eigenvalue weighted by Gasteiger charge is 2.27. The quantitative estimate of drug-likeness (QED) is 0.483. The van der Waals surface area contributed by atoms with E-state index in [1.807, 2.05) is 0 Å². The summed E-state index contributed by atoms with van der Waals surface area (Å²) in [7, 11) is 0. The van der Waals surface area contributed by atoms with Crippen LogP contribution in [0, 0.1) is 6.92 Å². The zero-order valence-corrected chi connectivity index (χ0v) is 19.8. The van der Waals surface area contributed by atoms with E-state index in [9.17, 15) is 5.11 Å². The average Bonchev–Trinajstić information content (AvgIpc) is 3.08. The maximum Gasteiger partial charge on any atom is 0.343 e. The van der Waals surface area contributed by atoms with Crippen LogP contribution in [0.15, 0.2) is 22.7 Å². The molecule has 1 N–H and O–H groups in total. The molecule has 29 heavy (non-hydrogen) atoms. The fourth-order valence-electron chi connectivity index (χ4n) is 3.08. The number of hydrogen-bond acceptors (Lipinski definition) is 5. The Hall–Kier alpha value is -2.15. The molecule has 0 bridgehead atoms. The van der Waals surface area contributed by atoms with Gasteiger partial charge in [-0.3, -0.25) is 0 Å². The molecule has 156 valence electrons. The van der Waals surface area contributed by atoms with Crippen LogP contribution in [-0.2, 0) is 10.8 Å². The summed E-state index contributed by atoms with van der Waals surface area (Å²) in [5, 5.41) is 14.7. The van der Waals surface area contributed by atoms with Gasteiger partial charge in [0.25, 0.3) is 5.78 Å². The van der Waals surface area contributed by atoms with E-state index in [4.69, 9.17) is 4.74 Å². The lowest BCUT2D eigenvalue weighted by atomic mass is 9.77. The Morgan fingerprint density at radius 1 is 1.07 bits per heavy atom. The lowest BCUT2D eigenvalue weighted by Crippen LogP contribution is -2.19. The van der Waals surface area contributed by atoms with Crippen molar-refractivity contribution in [3.63, 3.8) is 0 Å². The minimum Gasteiger partial charge on any atom is -0.492 e. The second kappa shape index (κ2) is 7.59. The van der Waals surface area contributed by atoms with E-state index in [1.165, 1.54) is 10.1 Å². The number of aryl methyl sites for hydroxylation is 1. The molecule has 2 aromatic heterocycles. The SMILES string of the molecule is CCC(C)(C)c1ccc(C(C)(C)CC)c(Oc2nc3nc(C)c(Br)c(O)n3n2)c1. The van der Waals surface area contributed by atoms with Crippen LogP contribution in [0.1, 0.15) is 71.2 Å². The first-order valence-corrected chi connectivity index (χ1v) is 10.7. The molecule has 0 radical (unpaired) electrons. The van der Waals surface area contributed by atoms with Gasteiger partial charge in [-0.05, 0) is 58.2 Å². The third-order valence-corrected chi connectivity index (χ3v) is 6.94. The van der Waals surface area contributed by atoms with Crippen LogP contribution < -0.4 is 4.74 Å². The van der Waals surface area contributed by atoms with Gasteiger partial charge >= 0.3 is 6.01 Å². The Kier molecular flexibility index (Phi) is 5.64. The summed E-state index contributed by atoms with van der Waals surface area (Å²) in [5.41, 5.74) is 2.90. The molecule has 1 aromatic carbocycles. The van der Waals surface area contributed by atoms with E-state index in [0.717, 1.165) is 24.2 Å². The van der Waals surface area contributed by atoms with Crippen molar-refractivity contribution in [1.29, 1.82) is 0 Å². The van der Waals surface area contributed by atoms with Gasteiger partial charge in [-0.2, -0.15) is 9.50 Å². The van der Waals surface area contributed by atoms with Crippen LogP contribution >= 0.6 is 15.9 Å². The van der Waals surface area contributed by atoms with Crippen molar-refractivity contribution in [3.8, 4) is 17.6 Å². The predicted molar refractivity (Wildman–Crippen MR) is 118 cm³/mol. The largest absolute Gasteiger partial charge is 0.492 e. The molecule has 0 fully saturated rings. The minimum absolute atomic E-state index is 0.0289. The third kappa shape index (κ3) is 3.97. The fourth-order valence-corrected chi connectivity index (χ4v) is 3.33. The van der Waals surface area contributed by atoms with Crippen molar-refractivity contribution in [2.24, 2.45) is 0 Å². The standard InChI is InChI=1S/C22H29BrN4O2/c1-8-21(4,5)14-10-11-15(22(6,7)9-2)16(12-14)29-20-25-19-24-13(3)17(23)18(28)27(19)26-20/h10-12,28H,8-9H2,1-7H3. The van der Waals surface area contributed by atoms with Gasteiger partial charge in [-0.1, -0.05) is 53.7 Å². The van der Waals surface area contributed by atoms with E-state index >= 15 is 0 Å². The van der Waals surface area contributed by atoms with E-state index in [0.29, 0.717) is 15.9 Å². The zero-order chi connectivity index (χ0) is 21.6. The first kappa shape index (κ1) is 21.6. The topological polar surface area (TPSA) is 72.5 Å². The Morgan fingerprint density at radius 2 is 1.72 bits per heavy atom. The zero-order valence-electron chi connectivity index (χ0n) is 18.2. The number of ether oxygens (including phenoxy) is 1. The molecular weight excluding hydrogens is 432 g/mol. The second-order valence-electron chi connectivity index (χ2n) is 8.73. The van der Waals surface area contributed by atoms with E-state index in [1.54, 1.807) is 6.92 Å². The van der Waals surface area contributed by atoms with Gasteiger partial charge in [0.2, 0.25) is 5.88 Å². The number of nitrogens with zero attached hydrogens (tertiary/aromatic N) is 4. The average molecular weight is 461 g/mol. The van der Waals surface area contributed by atoms with Crippen molar-refractivity contribution in [3.05, 3.63) is 39.5 Å². The lowest BCUT2D eigenvalue weighted by molar-refractivity contribution is 0.399. The molecule has 0 spiro atoms. The monoisotopic (exact) mass is 460 g/mol. The van der Waals surface area contributed by atoms with Crippen LogP contribution in [-0.4, -0.2) is 24.7 Å².